The first-order chi connectivity index (χ1) is 7.36. The monoisotopic (exact) mass is 216 g/mol. The minimum absolute atomic E-state index is 0.492. The van der Waals surface area contributed by atoms with Crippen molar-refractivity contribution in [3.63, 3.8) is 0 Å². The third kappa shape index (κ3) is 2.85. The Hall–Kier alpha value is -1.25. The molecule has 0 radical (unpaired) electrons. The van der Waals surface area contributed by atoms with Gasteiger partial charge >= 0.3 is 0 Å². The first-order valence-corrected chi connectivity index (χ1v) is 5.69. The molecule has 0 spiro atoms. The zero-order valence-corrected chi connectivity index (χ0v) is 9.02. The molecule has 0 amide bonds. The van der Waals surface area contributed by atoms with Crippen molar-refractivity contribution in [1.29, 1.82) is 0 Å². The maximum Gasteiger partial charge on any atom is 0.129 e. The predicted octanol–water partition coefficient (Wildman–Crippen LogP) is 3.47. The van der Waals surface area contributed by atoms with Crippen LogP contribution in [-0.4, -0.2) is 5.11 Å². The summed E-state index contributed by atoms with van der Waals surface area (Å²) >= 11 is 1.45. The van der Waals surface area contributed by atoms with Gasteiger partial charge in [0, 0.05) is 4.90 Å². The Morgan fingerprint density at radius 3 is 1.93 bits per heavy atom. The average molecular weight is 216 g/mol. The van der Waals surface area contributed by atoms with E-state index in [1.165, 1.54) is 11.8 Å². The highest BCUT2D eigenvalue weighted by Gasteiger charge is 2.07. The molecule has 0 saturated carbocycles. The highest BCUT2D eigenvalue weighted by atomic mass is 32.2. The number of aliphatic hydroxyl groups excluding tert-OH is 1. The molecule has 1 unspecified atom stereocenters. The highest BCUT2D eigenvalue weighted by molar-refractivity contribution is 7.99. The third-order valence-corrected chi connectivity index (χ3v) is 3.12. The summed E-state index contributed by atoms with van der Waals surface area (Å²) < 4.78 is 0. The fraction of sp³-hybridized carbons (Fsp3) is 0.0769. The second-order valence-electron chi connectivity index (χ2n) is 3.19. The molecule has 0 aliphatic heterocycles. The van der Waals surface area contributed by atoms with Crippen molar-refractivity contribution in [1.82, 2.24) is 0 Å². The first kappa shape index (κ1) is 10.3. The van der Waals surface area contributed by atoms with Gasteiger partial charge in [0.05, 0.1) is 0 Å². The highest BCUT2D eigenvalue weighted by Crippen LogP contribution is 2.32. The quantitative estimate of drug-likeness (QED) is 0.626. The number of thioether (sulfide) groups is 1. The van der Waals surface area contributed by atoms with Crippen molar-refractivity contribution in [2.45, 2.75) is 10.3 Å². The van der Waals surface area contributed by atoms with Gasteiger partial charge in [0.25, 0.3) is 0 Å². The zero-order chi connectivity index (χ0) is 10.5. The number of benzene rings is 2. The molecule has 0 bridgehead atoms. The smallest absolute Gasteiger partial charge is 0.129 e. The number of aliphatic hydroxyl groups is 1. The molecule has 1 atom stereocenters. The lowest BCUT2D eigenvalue weighted by Gasteiger charge is -2.09. The Labute approximate surface area is 93.8 Å². The van der Waals surface area contributed by atoms with Gasteiger partial charge in [0.1, 0.15) is 5.44 Å². The van der Waals surface area contributed by atoms with Crippen molar-refractivity contribution in [2.75, 3.05) is 0 Å². The van der Waals surface area contributed by atoms with Gasteiger partial charge in [-0.3, -0.25) is 0 Å². The largest absolute Gasteiger partial charge is 0.378 e. The summed E-state index contributed by atoms with van der Waals surface area (Å²) in [7, 11) is 0. The van der Waals surface area contributed by atoms with Crippen LogP contribution in [0.15, 0.2) is 65.6 Å². The Bertz CT molecular complexity index is 399. The van der Waals surface area contributed by atoms with Crippen LogP contribution in [0.3, 0.4) is 0 Å². The Morgan fingerprint density at radius 1 is 0.800 bits per heavy atom. The molecule has 1 nitrogen and oxygen atoms in total. The normalized spacial score (nSPS) is 12.3. The second kappa shape index (κ2) is 5.01. The van der Waals surface area contributed by atoms with Crippen LogP contribution >= 0.6 is 11.8 Å². The van der Waals surface area contributed by atoms with Crippen LogP contribution in [-0.2, 0) is 0 Å². The van der Waals surface area contributed by atoms with E-state index < -0.39 is 5.44 Å². The molecule has 2 aromatic rings. The minimum Gasteiger partial charge on any atom is -0.378 e. The molecule has 0 heterocycles. The predicted molar refractivity (Wildman–Crippen MR) is 63.7 cm³/mol. The number of hydrogen-bond acceptors (Lipinski definition) is 2. The van der Waals surface area contributed by atoms with Crippen molar-refractivity contribution in [3.05, 3.63) is 66.2 Å². The second-order valence-corrected chi connectivity index (χ2v) is 4.35. The minimum atomic E-state index is -0.492. The maximum atomic E-state index is 9.94. The van der Waals surface area contributed by atoms with E-state index in [0.29, 0.717) is 0 Å². The molecule has 0 aromatic heterocycles. The van der Waals surface area contributed by atoms with Crippen molar-refractivity contribution < 1.29 is 5.11 Å². The molecule has 0 aliphatic carbocycles. The van der Waals surface area contributed by atoms with Gasteiger partial charge in [-0.15, -0.1) is 0 Å². The Kier molecular flexibility index (Phi) is 3.43. The van der Waals surface area contributed by atoms with Crippen LogP contribution in [0.5, 0.6) is 0 Å². The average Bonchev–Trinajstić information content (AvgIpc) is 2.31. The summed E-state index contributed by atoms with van der Waals surface area (Å²) in [6.07, 6.45) is 0. The van der Waals surface area contributed by atoms with Gasteiger partial charge in [-0.25, -0.2) is 0 Å². The fourth-order valence-corrected chi connectivity index (χ4v) is 2.18. The van der Waals surface area contributed by atoms with Crippen LogP contribution in [0, 0.1) is 0 Å². The van der Waals surface area contributed by atoms with Gasteiger partial charge in [-0.05, 0) is 17.7 Å². The van der Waals surface area contributed by atoms with Crippen LogP contribution < -0.4 is 0 Å². The van der Waals surface area contributed by atoms with E-state index >= 15 is 0 Å². The summed E-state index contributed by atoms with van der Waals surface area (Å²) in [5.41, 5.74) is 0.444. The lowest BCUT2D eigenvalue weighted by Crippen LogP contribution is -1.90. The topological polar surface area (TPSA) is 20.2 Å². The van der Waals surface area contributed by atoms with Gasteiger partial charge in [0.15, 0.2) is 0 Å². The molecule has 15 heavy (non-hydrogen) atoms. The van der Waals surface area contributed by atoms with Crippen molar-refractivity contribution >= 4 is 11.8 Å². The van der Waals surface area contributed by atoms with E-state index in [2.05, 4.69) is 0 Å². The van der Waals surface area contributed by atoms with Crippen LogP contribution in [0.1, 0.15) is 11.0 Å². The summed E-state index contributed by atoms with van der Waals surface area (Å²) in [6, 6.07) is 19.6. The fourth-order valence-electron chi connectivity index (χ4n) is 1.31. The lowest BCUT2D eigenvalue weighted by atomic mass is 10.2. The summed E-state index contributed by atoms with van der Waals surface area (Å²) in [5.74, 6) is 0. The van der Waals surface area contributed by atoms with E-state index in [-0.39, 0.29) is 0 Å². The van der Waals surface area contributed by atoms with Crippen LogP contribution in [0.2, 0.25) is 0 Å². The van der Waals surface area contributed by atoms with Gasteiger partial charge in [-0.1, -0.05) is 60.3 Å². The molecule has 2 rings (SSSR count). The van der Waals surface area contributed by atoms with Gasteiger partial charge in [-0.2, -0.15) is 0 Å². The Balaban J connectivity index is 2.08. The third-order valence-electron chi connectivity index (χ3n) is 2.08. The molecule has 2 heteroatoms. The van der Waals surface area contributed by atoms with Gasteiger partial charge < -0.3 is 5.11 Å². The van der Waals surface area contributed by atoms with E-state index in [4.69, 9.17) is 0 Å². The van der Waals surface area contributed by atoms with E-state index in [9.17, 15) is 5.11 Å². The maximum absolute atomic E-state index is 9.94. The van der Waals surface area contributed by atoms with Crippen LogP contribution in [0.4, 0.5) is 0 Å². The molecule has 2 aromatic carbocycles. The first-order valence-electron chi connectivity index (χ1n) is 4.81. The van der Waals surface area contributed by atoms with E-state index in [0.717, 1.165) is 10.5 Å². The molecular weight excluding hydrogens is 204 g/mol. The van der Waals surface area contributed by atoms with E-state index in [1.54, 1.807) is 0 Å². The van der Waals surface area contributed by atoms with Crippen molar-refractivity contribution in [2.24, 2.45) is 0 Å². The lowest BCUT2D eigenvalue weighted by molar-refractivity contribution is 0.270. The van der Waals surface area contributed by atoms with Gasteiger partial charge in [0.2, 0.25) is 0 Å². The zero-order valence-electron chi connectivity index (χ0n) is 8.21. The van der Waals surface area contributed by atoms with Crippen LogP contribution in [0.25, 0.3) is 0 Å². The molecular formula is C13H12OS. The molecule has 0 saturated heterocycles. The van der Waals surface area contributed by atoms with Crippen molar-refractivity contribution in [3.8, 4) is 0 Å². The van der Waals surface area contributed by atoms with E-state index in [1.807, 2.05) is 60.7 Å². The summed E-state index contributed by atoms with van der Waals surface area (Å²) in [5, 5.41) is 9.94. The SMILES string of the molecule is OC(Sc1ccccc1)c1ccccc1. The molecule has 1 N–H and O–H groups in total. The molecule has 76 valence electrons. The Morgan fingerprint density at radius 2 is 1.33 bits per heavy atom. The number of hydrogen-bond donors (Lipinski definition) is 1. The summed E-state index contributed by atoms with van der Waals surface area (Å²) in [4.78, 5) is 1.08. The summed E-state index contributed by atoms with van der Waals surface area (Å²) in [6.45, 7) is 0. The molecule has 0 fully saturated rings. The molecule has 0 aliphatic rings. The standard InChI is InChI=1S/C13H12OS/c14-13(11-7-3-1-4-8-11)15-12-9-5-2-6-10-12/h1-10,13-14H. The number of rotatable bonds is 3.